The highest BCUT2D eigenvalue weighted by molar-refractivity contribution is 7.18. The maximum absolute atomic E-state index is 13.2. The van der Waals surface area contributed by atoms with E-state index in [1.807, 2.05) is 30.3 Å². The summed E-state index contributed by atoms with van der Waals surface area (Å²) in [7, 11) is 0. The van der Waals surface area contributed by atoms with E-state index in [4.69, 9.17) is 11.6 Å². The minimum absolute atomic E-state index is 0.0825. The summed E-state index contributed by atoms with van der Waals surface area (Å²) in [5.74, 6) is -1.10. The molecule has 4 rings (SSSR count). The van der Waals surface area contributed by atoms with E-state index in [0.29, 0.717) is 15.6 Å². The zero-order chi connectivity index (χ0) is 25.7. The fraction of sp³-hybridized carbons (Fsp3) is 0.120. The van der Waals surface area contributed by atoms with E-state index in [2.05, 4.69) is 20.8 Å². The van der Waals surface area contributed by atoms with Gasteiger partial charge in [-0.2, -0.15) is 0 Å². The average molecular weight is 522 g/mol. The molecule has 182 valence electrons. The highest BCUT2D eigenvalue weighted by Gasteiger charge is 2.24. The number of anilines is 1. The van der Waals surface area contributed by atoms with E-state index < -0.39 is 22.8 Å². The van der Waals surface area contributed by atoms with Gasteiger partial charge in [0, 0.05) is 34.2 Å². The molecule has 3 aromatic carbocycles. The van der Waals surface area contributed by atoms with Gasteiger partial charge < -0.3 is 5.32 Å². The third kappa shape index (κ3) is 6.09. The van der Waals surface area contributed by atoms with E-state index in [1.165, 1.54) is 29.5 Å². The van der Waals surface area contributed by atoms with Crippen LogP contribution in [0.15, 0.2) is 72.8 Å². The van der Waals surface area contributed by atoms with Crippen molar-refractivity contribution in [2.24, 2.45) is 0 Å². The predicted molar refractivity (Wildman–Crippen MR) is 138 cm³/mol. The number of benzene rings is 3. The Hall–Kier alpha value is -4.15. The quantitative estimate of drug-likeness (QED) is 0.246. The molecule has 9 nitrogen and oxygen atoms in total. The second-order valence-electron chi connectivity index (χ2n) is 7.88. The second-order valence-corrected chi connectivity index (χ2v) is 9.30. The van der Waals surface area contributed by atoms with E-state index >= 15 is 0 Å². The SMILES string of the molecule is Cc1ccc(C(=O)NC(Cc2ccccc2)C(=O)Nc2nnc(-c3ccc(Cl)cc3)s2)cc1[N+](=O)[O-]. The Labute approximate surface area is 215 Å². The van der Waals surface area contributed by atoms with Crippen LogP contribution in [-0.2, 0) is 11.2 Å². The molecule has 1 atom stereocenters. The lowest BCUT2D eigenvalue weighted by Crippen LogP contribution is -2.45. The minimum atomic E-state index is -0.969. The molecule has 2 amide bonds. The van der Waals surface area contributed by atoms with Crippen molar-refractivity contribution < 1.29 is 14.5 Å². The number of nitrogens with zero attached hydrogens (tertiary/aromatic N) is 3. The molecule has 0 aliphatic heterocycles. The molecule has 0 aliphatic rings. The number of carbonyl (C=O) groups is 2. The van der Waals surface area contributed by atoms with Crippen LogP contribution in [0, 0.1) is 17.0 Å². The van der Waals surface area contributed by atoms with E-state index in [1.54, 1.807) is 31.2 Å². The molecule has 36 heavy (non-hydrogen) atoms. The van der Waals surface area contributed by atoms with E-state index in [-0.39, 0.29) is 22.8 Å². The van der Waals surface area contributed by atoms with Gasteiger partial charge in [-0.05, 0) is 30.7 Å². The van der Waals surface area contributed by atoms with Crippen molar-refractivity contribution in [3.8, 4) is 10.6 Å². The van der Waals surface area contributed by atoms with E-state index in [0.717, 1.165) is 11.1 Å². The lowest BCUT2D eigenvalue weighted by Gasteiger charge is -2.18. The number of halogens is 1. The van der Waals surface area contributed by atoms with Crippen molar-refractivity contribution in [2.45, 2.75) is 19.4 Å². The van der Waals surface area contributed by atoms with E-state index in [9.17, 15) is 19.7 Å². The summed E-state index contributed by atoms with van der Waals surface area (Å²) in [5, 5.41) is 26.3. The van der Waals surface area contributed by atoms with Gasteiger partial charge in [0.05, 0.1) is 4.92 Å². The van der Waals surface area contributed by atoms with Crippen molar-refractivity contribution in [1.29, 1.82) is 0 Å². The van der Waals surface area contributed by atoms with Crippen molar-refractivity contribution in [1.82, 2.24) is 15.5 Å². The first kappa shape index (κ1) is 25.0. The molecule has 1 aromatic heterocycles. The van der Waals surface area contributed by atoms with Crippen LogP contribution in [0.1, 0.15) is 21.5 Å². The van der Waals surface area contributed by atoms with Gasteiger partial charge >= 0.3 is 0 Å². The summed E-state index contributed by atoms with van der Waals surface area (Å²) in [6.45, 7) is 1.59. The van der Waals surface area contributed by atoms with Gasteiger partial charge in [0.2, 0.25) is 11.0 Å². The highest BCUT2D eigenvalue weighted by Crippen LogP contribution is 2.27. The molecule has 1 heterocycles. The predicted octanol–water partition coefficient (Wildman–Crippen LogP) is 5.05. The van der Waals surface area contributed by atoms with Gasteiger partial charge in [-0.25, -0.2) is 0 Å². The Kier molecular flexibility index (Phi) is 7.67. The minimum Gasteiger partial charge on any atom is -0.340 e. The third-order valence-electron chi connectivity index (χ3n) is 5.32. The van der Waals surface area contributed by atoms with Crippen molar-refractivity contribution in [3.05, 3.63) is 105 Å². The molecule has 0 saturated carbocycles. The van der Waals surface area contributed by atoms with Gasteiger partial charge in [-0.3, -0.25) is 25.0 Å². The maximum Gasteiger partial charge on any atom is 0.273 e. The topological polar surface area (TPSA) is 127 Å². The lowest BCUT2D eigenvalue weighted by atomic mass is 10.0. The van der Waals surface area contributed by atoms with Crippen LogP contribution in [0.2, 0.25) is 5.02 Å². The number of hydrogen-bond acceptors (Lipinski definition) is 7. The summed E-state index contributed by atoms with van der Waals surface area (Å²) in [4.78, 5) is 36.9. The molecular formula is C25H20ClN5O4S. The fourth-order valence-corrected chi connectivity index (χ4v) is 4.30. The summed E-state index contributed by atoms with van der Waals surface area (Å²) in [6, 6.07) is 19.5. The van der Waals surface area contributed by atoms with Crippen LogP contribution in [0.3, 0.4) is 0 Å². The lowest BCUT2D eigenvalue weighted by molar-refractivity contribution is -0.385. The Morgan fingerprint density at radius 2 is 1.78 bits per heavy atom. The van der Waals surface area contributed by atoms with Crippen molar-refractivity contribution >= 4 is 45.6 Å². The maximum atomic E-state index is 13.2. The molecular weight excluding hydrogens is 502 g/mol. The number of nitrogens with one attached hydrogen (secondary N) is 2. The number of rotatable bonds is 8. The Morgan fingerprint density at radius 1 is 1.06 bits per heavy atom. The summed E-state index contributed by atoms with van der Waals surface area (Å²) in [6.07, 6.45) is 0.204. The number of aryl methyl sites for hydroxylation is 1. The monoisotopic (exact) mass is 521 g/mol. The van der Waals surface area contributed by atoms with Gasteiger partial charge in [-0.15, -0.1) is 10.2 Å². The number of nitro groups is 1. The normalized spacial score (nSPS) is 11.5. The number of nitro benzene ring substituents is 1. The molecule has 0 bridgehead atoms. The summed E-state index contributed by atoms with van der Waals surface area (Å²) < 4.78 is 0. The van der Waals surface area contributed by atoms with Gasteiger partial charge in [0.15, 0.2) is 0 Å². The first-order valence-corrected chi connectivity index (χ1v) is 12.0. The van der Waals surface area contributed by atoms with Crippen molar-refractivity contribution in [2.75, 3.05) is 5.32 Å². The zero-order valence-electron chi connectivity index (χ0n) is 19.0. The molecule has 0 radical (unpaired) electrons. The third-order valence-corrected chi connectivity index (χ3v) is 6.46. The molecule has 0 aliphatic carbocycles. The van der Waals surface area contributed by atoms with Gasteiger partial charge in [0.25, 0.3) is 11.6 Å². The van der Waals surface area contributed by atoms with Crippen LogP contribution in [0.5, 0.6) is 0 Å². The number of carbonyl (C=O) groups excluding carboxylic acids is 2. The fourth-order valence-electron chi connectivity index (χ4n) is 3.42. The molecule has 0 saturated heterocycles. The number of amides is 2. The Balaban J connectivity index is 1.54. The molecule has 11 heteroatoms. The number of hydrogen-bond donors (Lipinski definition) is 2. The van der Waals surface area contributed by atoms with Crippen LogP contribution < -0.4 is 10.6 Å². The zero-order valence-corrected chi connectivity index (χ0v) is 20.5. The van der Waals surface area contributed by atoms with Crippen LogP contribution in [0.25, 0.3) is 10.6 Å². The molecule has 1 unspecified atom stereocenters. The van der Waals surface area contributed by atoms with Crippen LogP contribution in [0.4, 0.5) is 10.8 Å². The molecule has 0 spiro atoms. The Morgan fingerprint density at radius 3 is 2.47 bits per heavy atom. The summed E-state index contributed by atoms with van der Waals surface area (Å²) in [5.41, 5.74) is 1.97. The van der Waals surface area contributed by atoms with Crippen molar-refractivity contribution in [3.63, 3.8) is 0 Å². The van der Waals surface area contributed by atoms with Gasteiger partial charge in [0.1, 0.15) is 11.0 Å². The average Bonchev–Trinajstić information content (AvgIpc) is 3.33. The van der Waals surface area contributed by atoms with Crippen LogP contribution >= 0.6 is 22.9 Å². The largest absolute Gasteiger partial charge is 0.340 e. The van der Waals surface area contributed by atoms with Gasteiger partial charge in [-0.1, -0.05) is 71.5 Å². The highest BCUT2D eigenvalue weighted by atomic mass is 35.5. The first-order valence-electron chi connectivity index (χ1n) is 10.8. The summed E-state index contributed by atoms with van der Waals surface area (Å²) >= 11 is 7.12. The standard InChI is InChI=1S/C25H20ClN5O4S/c1-15-7-8-18(14-21(15)31(34)35)22(32)27-20(13-16-5-3-2-4-6-16)23(33)28-25-30-29-24(36-25)17-9-11-19(26)12-10-17/h2-12,14,20H,13H2,1H3,(H,27,32)(H,28,30,33). The first-order chi connectivity index (χ1) is 17.3. The Bertz CT molecular complexity index is 1410. The second kappa shape index (κ2) is 11.1. The van der Waals surface area contributed by atoms with Crippen LogP contribution in [-0.4, -0.2) is 33.0 Å². The smallest absolute Gasteiger partial charge is 0.273 e. The molecule has 4 aromatic rings. The molecule has 0 fully saturated rings. The molecule has 2 N–H and O–H groups in total. The number of aromatic nitrogens is 2.